The molecule has 0 aliphatic carbocycles. The summed E-state index contributed by atoms with van der Waals surface area (Å²) < 4.78 is 13.1. The lowest BCUT2D eigenvalue weighted by Gasteiger charge is -2.08. The van der Waals surface area contributed by atoms with Crippen molar-refractivity contribution in [3.05, 3.63) is 83.8 Å². The molecule has 24 heavy (non-hydrogen) atoms. The minimum absolute atomic E-state index is 0.249. The number of aromatic nitrogens is 1. The molecule has 0 aliphatic rings. The SMILES string of the molecule is Cc1ccc(Nc2ccc(NC(=O)c3cccc(F)c3)nc2)cc1. The molecule has 0 aliphatic heterocycles. The van der Waals surface area contributed by atoms with E-state index in [0.29, 0.717) is 5.82 Å². The van der Waals surface area contributed by atoms with Crippen molar-refractivity contribution in [2.75, 3.05) is 10.6 Å². The number of hydrogen-bond acceptors (Lipinski definition) is 3. The van der Waals surface area contributed by atoms with Crippen LogP contribution in [0.4, 0.5) is 21.6 Å². The van der Waals surface area contributed by atoms with Crippen LogP contribution >= 0.6 is 0 Å². The molecule has 0 unspecified atom stereocenters. The highest BCUT2D eigenvalue weighted by Gasteiger charge is 2.07. The fourth-order valence-electron chi connectivity index (χ4n) is 2.16. The maximum absolute atomic E-state index is 13.1. The van der Waals surface area contributed by atoms with E-state index in [1.807, 2.05) is 37.3 Å². The molecule has 120 valence electrons. The molecule has 1 aromatic heterocycles. The van der Waals surface area contributed by atoms with Crippen LogP contribution in [0, 0.1) is 12.7 Å². The summed E-state index contributed by atoms with van der Waals surface area (Å²) in [5, 5.41) is 5.87. The Labute approximate surface area is 139 Å². The fourth-order valence-corrected chi connectivity index (χ4v) is 2.16. The van der Waals surface area contributed by atoms with Crippen molar-refractivity contribution in [1.82, 2.24) is 4.98 Å². The van der Waals surface area contributed by atoms with Crippen molar-refractivity contribution in [3.8, 4) is 0 Å². The highest BCUT2D eigenvalue weighted by atomic mass is 19.1. The highest BCUT2D eigenvalue weighted by molar-refractivity contribution is 6.03. The summed E-state index contributed by atoms with van der Waals surface area (Å²) >= 11 is 0. The zero-order valence-electron chi connectivity index (χ0n) is 13.1. The lowest BCUT2D eigenvalue weighted by molar-refractivity contribution is 0.102. The van der Waals surface area contributed by atoms with E-state index in [9.17, 15) is 9.18 Å². The number of carbonyl (C=O) groups excluding carboxylic acids is 1. The van der Waals surface area contributed by atoms with Gasteiger partial charge in [-0.25, -0.2) is 9.37 Å². The quantitative estimate of drug-likeness (QED) is 0.742. The Kier molecular flexibility index (Phi) is 4.52. The van der Waals surface area contributed by atoms with E-state index < -0.39 is 11.7 Å². The minimum atomic E-state index is -0.451. The zero-order valence-corrected chi connectivity index (χ0v) is 13.1. The second-order valence-corrected chi connectivity index (χ2v) is 5.39. The largest absolute Gasteiger partial charge is 0.354 e. The molecule has 2 N–H and O–H groups in total. The zero-order chi connectivity index (χ0) is 16.9. The number of benzene rings is 2. The number of aryl methyl sites for hydroxylation is 1. The average molecular weight is 321 g/mol. The molecule has 1 amide bonds. The molecule has 2 aromatic carbocycles. The standard InChI is InChI=1S/C19H16FN3O/c1-13-5-7-16(8-6-13)22-17-9-10-18(21-12-17)23-19(24)14-3-2-4-15(20)11-14/h2-12,22H,1H3,(H,21,23,24). The van der Waals surface area contributed by atoms with Crippen LogP contribution in [0.5, 0.6) is 0 Å². The number of nitrogens with zero attached hydrogens (tertiary/aromatic N) is 1. The number of halogens is 1. The van der Waals surface area contributed by atoms with Gasteiger partial charge in [-0.1, -0.05) is 23.8 Å². The first-order chi connectivity index (χ1) is 11.6. The van der Waals surface area contributed by atoms with Gasteiger partial charge in [0.05, 0.1) is 11.9 Å². The van der Waals surface area contributed by atoms with E-state index >= 15 is 0 Å². The molecule has 0 fully saturated rings. The Hall–Kier alpha value is -3.21. The first-order valence-electron chi connectivity index (χ1n) is 7.47. The van der Waals surface area contributed by atoms with Crippen LogP contribution in [0.1, 0.15) is 15.9 Å². The molecular formula is C19H16FN3O. The molecule has 3 rings (SSSR count). The van der Waals surface area contributed by atoms with Gasteiger partial charge in [0, 0.05) is 11.3 Å². The van der Waals surface area contributed by atoms with Crippen LogP contribution in [0.15, 0.2) is 66.9 Å². The summed E-state index contributed by atoms with van der Waals surface area (Å²) in [6.07, 6.45) is 1.63. The molecular weight excluding hydrogens is 305 g/mol. The predicted molar refractivity (Wildman–Crippen MR) is 93.1 cm³/mol. The molecule has 0 saturated carbocycles. The monoisotopic (exact) mass is 321 g/mol. The maximum atomic E-state index is 13.1. The summed E-state index contributed by atoms with van der Waals surface area (Å²) in [7, 11) is 0. The van der Waals surface area contributed by atoms with Gasteiger partial charge < -0.3 is 10.6 Å². The van der Waals surface area contributed by atoms with Gasteiger partial charge in [0.15, 0.2) is 0 Å². The van der Waals surface area contributed by atoms with Gasteiger partial charge in [0.1, 0.15) is 11.6 Å². The average Bonchev–Trinajstić information content (AvgIpc) is 2.59. The Balaban J connectivity index is 1.66. The number of rotatable bonds is 4. The van der Waals surface area contributed by atoms with Crippen molar-refractivity contribution in [1.29, 1.82) is 0 Å². The first-order valence-corrected chi connectivity index (χ1v) is 7.47. The third-order valence-corrected chi connectivity index (χ3v) is 3.43. The summed E-state index contributed by atoms with van der Waals surface area (Å²) in [5.41, 5.74) is 3.20. The minimum Gasteiger partial charge on any atom is -0.354 e. The smallest absolute Gasteiger partial charge is 0.256 e. The van der Waals surface area contributed by atoms with Gasteiger partial charge in [-0.3, -0.25) is 4.79 Å². The van der Waals surface area contributed by atoms with E-state index in [2.05, 4.69) is 15.6 Å². The Morgan fingerprint density at radius 2 is 1.75 bits per heavy atom. The molecule has 5 heteroatoms. The number of pyridine rings is 1. The van der Waals surface area contributed by atoms with Crippen molar-refractivity contribution < 1.29 is 9.18 Å². The number of amides is 1. The Morgan fingerprint density at radius 1 is 1.00 bits per heavy atom. The molecule has 1 heterocycles. The molecule has 3 aromatic rings. The summed E-state index contributed by atoms with van der Waals surface area (Å²) in [5.74, 6) is -0.451. The van der Waals surface area contributed by atoms with Crippen LogP contribution in [-0.2, 0) is 0 Å². The second-order valence-electron chi connectivity index (χ2n) is 5.39. The number of anilines is 3. The van der Waals surface area contributed by atoms with Crippen molar-refractivity contribution in [2.24, 2.45) is 0 Å². The first kappa shape index (κ1) is 15.7. The van der Waals surface area contributed by atoms with Crippen molar-refractivity contribution in [3.63, 3.8) is 0 Å². The lowest BCUT2D eigenvalue weighted by atomic mass is 10.2. The van der Waals surface area contributed by atoms with Gasteiger partial charge in [-0.15, -0.1) is 0 Å². The van der Waals surface area contributed by atoms with E-state index in [1.54, 1.807) is 18.3 Å². The molecule has 0 saturated heterocycles. The van der Waals surface area contributed by atoms with E-state index in [0.717, 1.165) is 11.4 Å². The van der Waals surface area contributed by atoms with Crippen LogP contribution in [0.3, 0.4) is 0 Å². The van der Waals surface area contributed by atoms with Crippen molar-refractivity contribution in [2.45, 2.75) is 6.92 Å². The van der Waals surface area contributed by atoms with Crippen LogP contribution in [-0.4, -0.2) is 10.9 Å². The normalized spacial score (nSPS) is 10.2. The Bertz CT molecular complexity index is 845. The van der Waals surface area contributed by atoms with E-state index in [1.165, 1.54) is 23.8 Å². The third-order valence-electron chi connectivity index (χ3n) is 3.43. The summed E-state index contributed by atoms with van der Waals surface area (Å²) in [6, 6.07) is 17.0. The van der Waals surface area contributed by atoms with Gasteiger partial charge in [-0.05, 0) is 49.4 Å². The Morgan fingerprint density at radius 3 is 2.42 bits per heavy atom. The van der Waals surface area contributed by atoms with Gasteiger partial charge >= 0.3 is 0 Å². The van der Waals surface area contributed by atoms with Crippen LogP contribution in [0.25, 0.3) is 0 Å². The van der Waals surface area contributed by atoms with Crippen LogP contribution < -0.4 is 10.6 Å². The summed E-state index contributed by atoms with van der Waals surface area (Å²) in [4.78, 5) is 16.2. The second kappa shape index (κ2) is 6.91. The molecule has 0 atom stereocenters. The molecule has 4 nitrogen and oxygen atoms in total. The van der Waals surface area contributed by atoms with Gasteiger partial charge in [0.2, 0.25) is 0 Å². The molecule has 0 spiro atoms. The third kappa shape index (κ3) is 3.95. The predicted octanol–water partition coefficient (Wildman–Crippen LogP) is 4.53. The van der Waals surface area contributed by atoms with E-state index in [4.69, 9.17) is 0 Å². The lowest BCUT2D eigenvalue weighted by Crippen LogP contribution is -2.13. The maximum Gasteiger partial charge on any atom is 0.256 e. The number of carbonyl (C=O) groups is 1. The summed E-state index contributed by atoms with van der Waals surface area (Å²) in [6.45, 7) is 2.03. The number of nitrogens with one attached hydrogen (secondary N) is 2. The fraction of sp³-hybridized carbons (Fsp3) is 0.0526. The number of hydrogen-bond donors (Lipinski definition) is 2. The molecule has 0 bridgehead atoms. The topological polar surface area (TPSA) is 54.0 Å². The van der Waals surface area contributed by atoms with E-state index in [-0.39, 0.29) is 5.56 Å². The van der Waals surface area contributed by atoms with Gasteiger partial charge in [-0.2, -0.15) is 0 Å². The highest BCUT2D eigenvalue weighted by Crippen LogP contribution is 2.18. The molecule has 0 radical (unpaired) electrons. The van der Waals surface area contributed by atoms with Crippen molar-refractivity contribution >= 4 is 23.1 Å². The van der Waals surface area contributed by atoms with Crippen LogP contribution in [0.2, 0.25) is 0 Å². The van der Waals surface area contributed by atoms with Gasteiger partial charge in [0.25, 0.3) is 5.91 Å².